The number of fused-ring (bicyclic) bond motifs is 1. The first kappa shape index (κ1) is 15.7. The smallest absolute Gasteiger partial charge is 0.339 e. The van der Waals surface area contributed by atoms with Crippen LogP contribution in [-0.4, -0.2) is 25.0 Å². The minimum Gasteiger partial charge on any atom is -0.452 e. The number of amides is 1. The number of carbonyl (C=O) groups excluding carboxylic acids is 2. The van der Waals surface area contributed by atoms with Gasteiger partial charge in [0.05, 0.1) is 5.56 Å². The van der Waals surface area contributed by atoms with Crippen molar-refractivity contribution in [1.82, 2.24) is 0 Å². The number of hydrogen-bond acceptors (Lipinski definition) is 3. The lowest BCUT2D eigenvalue weighted by Gasteiger charge is -2.29. The van der Waals surface area contributed by atoms with Crippen LogP contribution in [0.4, 0.5) is 5.69 Å². The van der Waals surface area contributed by atoms with Crippen molar-refractivity contribution in [3.8, 4) is 0 Å². The Balaban J connectivity index is 1.67. The van der Waals surface area contributed by atoms with Crippen molar-refractivity contribution in [2.75, 3.05) is 18.1 Å². The first-order valence-electron chi connectivity index (χ1n) is 7.47. The third kappa shape index (κ3) is 3.45. The second-order valence-electron chi connectivity index (χ2n) is 5.33. The highest BCUT2D eigenvalue weighted by atomic mass is 79.9. The molecule has 1 aliphatic rings. The van der Waals surface area contributed by atoms with Crippen LogP contribution in [0, 0.1) is 0 Å². The van der Waals surface area contributed by atoms with Crippen LogP contribution in [-0.2, 0) is 16.0 Å². The number of esters is 1. The molecule has 0 radical (unpaired) electrons. The van der Waals surface area contributed by atoms with E-state index in [0.717, 1.165) is 24.1 Å². The maximum Gasteiger partial charge on any atom is 0.339 e. The molecule has 2 aromatic carbocycles. The largest absolute Gasteiger partial charge is 0.452 e. The van der Waals surface area contributed by atoms with E-state index in [-0.39, 0.29) is 12.5 Å². The molecule has 0 aliphatic carbocycles. The normalized spacial score (nSPS) is 13.3. The molecule has 3 rings (SSSR count). The Morgan fingerprint density at radius 3 is 2.65 bits per heavy atom. The second-order valence-corrected chi connectivity index (χ2v) is 6.19. The summed E-state index contributed by atoms with van der Waals surface area (Å²) in [5.41, 5.74) is 2.49. The fraction of sp³-hybridized carbons (Fsp3) is 0.222. The van der Waals surface area contributed by atoms with E-state index in [0.29, 0.717) is 16.6 Å². The molecule has 1 heterocycles. The maximum absolute atomic E-state index is 12.4. The minimum atomic E-state index is -0.504. The summed E-state index contributed by atoms with van der Waals surface area (Å²) >= 11 is 3.31. The summed E-state index contributed by atoms with van der Waals surface area (Å²) in [6, 6.07) is 14.8. The van der Waals surface area contributed by atoms with Crippen molar-refractivity contribution >= 4 is 33.5 Å². The van der Waals surface area contributed by atoms with Gasteiger partial charge in [0.1, 0.15) is 0 Å². The molecule has 0 saturated carbocycles. The zero-order valence-corrected chi connectivity index (χ0v) is 14.1. The third-order valence-corrected chi connectivity index (χ3v) is 4.52. The van der Waals surface area contributed by atoms with Gasteiger partial charge in [-0.2, -0.15) is 0 Å². The highest BCUT2D eigenvalue weighted by molar-refractivity contribution is 9.10. The summed E-state index contributed by atoms with van der Waals surface area (Å²) in [6.45, 7) is 0.400. The standard InChI is InChI=1S/C18H16BrNO3/c19-15-9-3-2-8-14(15)18(22)23-12-17(21)20-11-5-7-13-6-1-4-10-16(13)20/h1-4,6,8-10H,5,7,11-12H2. The molecular formula is C18H16BrNO3. The van der Waals surface area contributed by atoms with Gasteiger partial charge < -0.3 is 9.64 Å². The molecule has 2 aromatic rings. The Kier molecular flexibility index (Phi) is 4.76. The van der Waals surface area contributed by atoms with Crippen molar-refractivity contribution in [2.24, 2.45) is 0 Å². The van der Waals surface area contributed by atoms with Gasteiger partial charge in [-0.3, -0.25) is 4.79 Å². The van der Waals surface area contributed by atoms with Crippen molar-refractivity contribution in [3.63, 3.8) is 0 Å². The Morgan fingerprint density at radius 2 is 1.83 bits per heavy atom. The van der Waals surface area contributed by atoms with Gasteiger partial charge in [0.2, 0.25) is 0 Å². The van der Waals surface area contributed by atoms with Crippen LogP contribution in [0.5, 0.6) is 0 Å². The zero-order valence-electron chi connectivity index (χ0n) is 12.5. The molecular weight excluding hydrogens is 358 g/mol. The molecule has 0 saturated heterocycles. The molecule has 0 atom stereocenters. The number of aryl methyl sites for hydroxylation is 1. The SMILES string of the molecule is O=C(OCC(=O)N1CCCc2ccccc21)c1ccccc1Br. The maximum atomic E-state index is 12.4. The predicted octanol–water partition coefficient (Wildman–Crippen LogP) is 3.59. The van der Waals surface area contributed by atoms with Crippen LogP contribution in [0.15, 0.2) is 53.0 Å². The van der Waals surface area contributed by atoms with Crippen LogP contribution in [0.2, 0.25) is 0 Å². The van der Waals surface area contributed by atoms with Gasteiger partial charge in [0.25, 0.3) is 5.91 Å². The lowest BCUT2D eigenvalue weighted by Crippen LogP contribution is -2.38. The molecule has 1 aliphatic heterocycles. The summed E-state index contributed by atoms with van der Waals surface area (Å²) in [5.74, 6) is -0.700. The van der Waals surface area contributed by atoms with Crippen LogP contribution in [0.25, 0.3) is 0 Å². The fourth-order valence-electron chi connectivity index (χ4n) is 2.70. The summed E-state index contributed by atoms with van der Waals surface area (Å²) in [6.07, 6.45) is 1.89. The molecule has 4 nitrogen and oxygen atoms in total. The van der Waals surface area contributed by atoms with Gasteiger partial charge in [-0.05, 0) is 52.5 Å². The van der Waals surface area contributed by atoms with Crippen LogP contribution in [0.1, 0.15) is 22.3 Å². The van der Waals surface area contributed by atoms with Crippen molar-refractivity contribution in [2.45, 2.75) is 12.8 Å². The average Bonchev–Trinajstić information content (AvgIpc) is 2.59. The molecule has 5 heteroatoms. The predicted molar refractivity (Wildman–Crippen MR) is 91.5 cm³/mol. The van der Waals surface area contributed by atoms with Crippen molar-refractivity contribution < 1.29 is 14.3 Å². The number of carbonyl (C=O) groups is 2. The van der Waals surface area contributed by atoms with E-state index >= 15 is 0 Å². The Bertz CT molecular complexity index is 745. The molecule has 118 valence electrons. The number of nitrogens with zero attached hydrogens (tertiary/aromatic N) is 1. The Morgan fingerprint density at radius 1 is 1.09 bits per heavy atom. The summed E-state index contributed by atoms with van der Waals surface area (Å²) < 4.78 is 5.83. The summed E-state index contributed by atoms with van der Waals surface area (Å²) in [4.78, 5) is 26.2. The minimum absolute atomic E-state index is 0.197. The highest BCUT2D eigenvalue weighted by Crippen LogP contribution is 2.26. The molecule has 0 spiro atoms. The van der Waals surface area contributed by atoms with Crippen LogP contribution in [0.3, 0.4) is 0 Å². The molecule has 1 amide bonds. The molecule has 23 heavy (non-hydrogen) atoms. The average molecular weight is 374 g/mol. The first-order valence-corrected chi connectivity index (χ1v) is 8.26. The second kappa shape index (κ2) is 6.96. The molecule has 0 bridgehead atoms. The summed E-state index contributed by atoms with van der Waals surface area (Å²) in [5, 5.41) is 0. The lowest BCUT2D eigenvalue weighted by molar-refractivity contribution is -0.121. The number of anilines is 1. The van der Waals surface area contributed by atoms with E-state index in [1.165, 1.54) is 0 Å². The van der Waals surface area contributed by atoms with Gasteiger partial charge in [0, 0.05) is 16.7 Å². The highest BCUT2D eigenvalue weighted by Gasteiger charge is 2.23. The number of ether oxygens (including phenoxy) is 1. The fourth-order valence-corrected chi connectivity index (χ4v) is 3.15. The van der Waals surface area contributed by atoms with Crippen molar-refractivity contribution in [3.05, 3.63) is 64.1 Å². The van der Waals surface area contributed by atoms with E-state index in [4.69, 9.17) is 4.74 Å². The zero-order chi connectivity index (χ0) is 16.2. The number of halogens is 1. The van der Waals surface area contributed by atoms with E-state index in [1.54, 1.807) is 23.1 Å². The van der Waals surface area contributed by atoms with Crippen molar-refractivity contribution in [1.29, 1.82) is 0 Å². The number of para-hydroxylation sites is 1. The Labute approximate surface area is 143 Å². The Hall–Kier alpha value is -2.14. The van der Waals surface area contributed by atoms with Gasteiger partial charge in [-0.15, -0.1) is 0 Å². The molecule has 0 aromatic heterocycles. The van der Waals surface area contributed by atoms with E-state index in [1.807, 2.05) is 30.3 Å². The van der Waals surface area contributed by atoms with E-state index < -0.39 is 5.97 Å². The number of benzene rings is 2. The molecule has 0 N–H and O–H groups in total. The molecule has 0 fully saturated rings. The van der Waals surface area contributed by atoms with Gasteiger partial charge in [0.15, 0.2) is 6.61 Å². The third-order valence-electron chi connectivity index (χ3n) is 3.83. The van der Waals surface area contributed by atoms with Crippen LogP contribution >= 0.6 is 15.9 Å². The number of hydrogen-bond donors (Lipinski definition) is 0. The van der Waals surface area contributed by atoms with Gasteiger partial charge in [-0.1, -0.05) is 30.3 Å². The molecule has 0 unspecified atom stereocenters. The van der Waals surface area contributed by atoms with Crippen LogP contribution < -0.4 is 4.90 Å². The number of rotatable bonds is 3. The van der Waals surface area contributed by atoms with Gasteiger partial charge in [-0.25, -0.2) is 4.79 Å². The first-order chi connectivity index (χ1) is 11.2. The lowest BCUT2D eigenvalue weighted by atomic mass is 10.0. The van der Waals surface area contributed by atoms with E-state index in [2.05, 4.69) is 15.9 Å². The summed E-state index contributed by atoms with van der Waals surface area (Å²) in [7, 11) is 0. The topological polar surface area (TPSA) is 46.6 Å². The monoisotopic (exact) mass is 373 g/mol. The van der Waals surface area contributed by atoms with Gasteiger partial charge >= 0.3 is 5.97 Å². The quantitative estimate of drug-likeness (QED) is 0.772. The van der Waals surface area contributed by atoms with E-state index in [9.17, 15) is 9.59 Å².